The van der Waals surface area contributed by atoms with Crippen molar-refractivity contribution in [1.29, 1.82) is 5.26 Å². The van der Waals surface area contributed by atoms with Crippen LogP contribution >= 0.6 is 0 Å². The van der Waals surface area contributed by atoms with Gasteiger partial charge in [0.2, 0.25) is 5.69 Å². The summed E-state index contributed by atoms with van der Waals surface area (Å²) >= 11 is 0. The van der Waals surface area contributed by atoms with E-state index in [9.17, 15) is 5.26 Å². The van der Waals surface area contributed by atoms with Gasteiger partial charge in [0.05, 0.1) is 46.1 Å². The summed E-state index contributed by atoms with van der Waals surface area (Å²) in [6.45, 7) is 16.1. The third-order valence-corrected chi connectivity index (χ3v) is 7.86. The molecule has 5 nitrogen and oxygen atoms in total. The molecule has 0 bridgehead atoms. The van der Waals surface area contributed by atoms with Gasteiger partial charge in [-0.3, -0.25) is 0 Å². The summed E-state index contributed by atoms with van der Waals surface area (Å²) in [4.78, 5) is 3.92. The molecular formula is C32H26BN3O2. The Balaban J connectivity index is 1.63. The summed E-state index contributed by atoms with van der Waals surface area (Å²) in [6.07, 6.45) is 0. The van der Waals surface area contributed by atoms with Gasteiger partial charge in [-0.1, -0.05) is 60.7 Å². The van der Waals surface area contributed by atoms with Crippen molar-refractivity contribution in [2.75, 3.05) is 0 Å². The van der Waals surface area contributed by atoms with Crippen molar-refractivity contribution in [3.8, 4) is 22.9 Å². The van der Waals surface area contributed by atoms with Crippen LogP contribution in [0.25, 0.3) is 43.5 Å². The summed E-state index contributed by atoms with van der Waals surface area (Å²) in [5.74, 6) is 0. The van der Waals surface area contributed by atoms with Gasteiger partial charge in [-0.25, -0.2) is 4.85 Å². The highest BCUT2D eigenvalue weighted by molar-refractivity contribution is 6.62. The van der Waals surface area contributed by atoms with Crippen molar-refractivity contribution < 1.29 is 9.31 Å². The molecule has 0 aliphatic carbocycles. The number of hydrogen-bond donors (Lipinski definition) is 0. The zero-order valence-corrected chi connectivity index (χ0v) is 21.8. The van der Waals surface area contributed by atoms with E-state index in [-0.39, 0.29) is 0 Å². The van der Waals surface area contributed by atoms with E-state index in [2.05, 4.69) is 39.7 Å². The molecule has 0 amide bonds. The second-order valence-corrected chi connectivity index (χ2v) is 10.7. The van der Waals surface area contributed by atoms with E-state index in [0.29, 0.717) is 11.3 Å². The fraction of sp³-hybridized carbons (Fsp3) is 0.188. The molecule has 1 aromatic heterocycles. The maximum atomic E-state index is 9.93. The van der Waals surface area contributed by atoms with Crippen LogP contribution in [-0.4, -0.2) is 22.9 Å². The highest BCUT2D eigenvalue weighted by Gasteiger charge is 2.51. The van der Waals surface area contributed by atoms with Crippen LogP contribution < -0.4 is 5.46 Å². The lowest BCUT2D eigenvalue weighted by Crippen LogP contribution is -2.41. The van der Waals surface area contributed by atoms with Gasteiger partial charge in [0.25, 0.3) is 0 Å². The van der Waals surface area contributed by atoms with Crippen molar-refractivity contribution in [1.82, 2.24) is 4.57 Å². The fourth-order valence-electron chi connectivity index (χ4n) is 5.24. The largest absolute Gasteiger partial charge is 0.494 e. The van der Waals surface area contributed by atoms with Crippen LogP contribution in [0.2, 0.25) is 0 Å². The normalized spacial score (nSPS) is 16.0. The first-order valence-electron chi connectivity index (χ1n) is 12.6. The van der Waals surface area contributed by atoms with Gasteiger partial charge >= 0.3 is 7.12 Å². The molecule has 0 unspecified atom stereocenters. The fourth-order valence-corrected chi connectivity index (χ4v) is 5.24. The van der Waals surface area contributed by atoms with Crippen molar-refractivity contribution in [3.05, 3.63) is 102 Å². The van der Waals surface area contributed by atoms with Crippen LogP contribution in [0.5, 0.6) is 0 Å². The van der Waals surface area contributed by atoms with Crippen LogP contribution in [0.15, 0.2) is 84.9 Å². The van der Waals surface area contributed by atoms with Crippen LogP contribution in [-0.2, 0) is 9.31 Å². The zero-order valence-electron chi connectivity index (χ0n) is 21.8. The second kappa shape index (κ2) is 8.60. The maximum Gasteiger partial charge on any atom is 0.494 e. The minimum Gasteiger partial charge on any atom is -0.399 e. The predicted molar refractivity (Wildman–Crippen MR) is 153 cm³/mol. The van der Waals surface area contributed by atoms with E-state index in [1.54, 1.807) is 0 Å². The highest BCUT2D eigenvalue weighted by atomic mass is 16.7. The van der Waals surface area contributed by atoms with Crippen molar-refractivity contribution in [2.45, 2.75) is 38.9 Å². The summed E-state index contributed by atoms with van der Waals surface area (Å²) in [5, 5.41) is 12.2. The van der Waals surface area contributed by atoms with Crippen LogP contribution in [0.4, 0.5) is 5.69 Å². The van der Waals surface area contributed by atoms with E-state index < -0.39 is 18.3 Å². The molecule has 0 spiro atoms. The molecule has 38 heavy (non-hydrogen) atoms. The Morgan fingerprint density at radius 1 is 0.816 bits per heavy atom. The Hall–Kier alpha value is -4.36. The van der Waals surface area contributed by atoms with Crippen molar-refractivity contribution in [2.24, 2.45) is 0 Å². The lowest BCUT2D eigenvalue weighted by Gasteiger charge is -2.32. The second-order valence-electron chi connectivity index (χ2n) is 10.7. The Labute approximate surface area is 222 Å². The number of para-hydroxylation sites is 3. The highest BCUT2D eigenvalue weighted by Crippen LogP contribution is 2.41. The quantitative estimate of drug-likeness (QED) is 0.197. The molecule has 4 aromatic carbocycles. The average molecular weight is 495 g/mol. The number of nitriles is 1. The van der Waals surface area contributed by atoms with E-state index in [4.69, 9.17) is 15.9 Å². The molecule has 0 atom stereocenters. The first-order valence-corrected chi connectivity index (χ1v) is 12.6. The molecule has 1 aliphatic heterocycles. The lowest BCUT2D eigenvalue weighted by molar-refractivity contribution is 0.00578. The Kier molecular flexibility index (Phi) is 5.44. The Bertz CT molecular complexity index is 1750. The molecule has 5 aromatic rings. The van der Waals surface area contributed by atoms with Crippen molar-refractivity contribution >= 4 is 40.1 Å². The molecule has 1 fully saturated rings. The third-order valence-electron chi connectivity index (χ3n) is 7.86. The average Bonchev–Trinajstić information content (AvgIpc) is 3.37. The van der Waals surface area contributed by atoms with E-state index >= 15 is 0 Å². The topological polar surface area (TPSA) is 51.5 Å². The number of hydrogen-bond acceptors (Lipinski definition) is 3. The minimum atomic E-state index is -0.604. The number of rotatable bonds is 3. The Morgan fingerprint density at radius 2 is 1.42 bits per heavy atom. The molecule has 6 rings (SSSR count). The SMILES string of the molecule is [C-]#[N+]c1cccc(-c2cc(C#N)cc(B3OC(C)(C)C(C)(C)O3)c2)c1-n1c2ccccc2c2ccccc21. The van der Waals surface area contributed by atoms with Gasteiger partial charge < -0.3 is 13.9 Å². The summed E-state index contributed by atoms with van der Waals surface area (Å²) in [6, 6.07) is 30.3. The first kappa shape index (κ1) is 24.0. The predicted octanol–water partition coefficient (Wildman–Crippen LogP) is 7.17. The molecule has 0 saturated carbocycles. The van der Waals surface area contributed by atoms with Crippen molar-refractivity contribution in [3.63, 3.8) is 0 Å². The molecule has 1 aliphatic rings. The zero-order chi connectivity index (χ0) is 26.7. The molecule has 184 valence electrons. The van der Waals surface area contributed by atoms with Gasteiger partial charge in [0.1, 0.15) is 0 Å². The number of fused-ring (bicyclic) bond motifs is 3. The molecule has 1 saturated heterocycles. The summed E-state index contributed by atoms with van der Waals surface area (Å²) < 4.78 is 14.8. The van der Waals surface area contributed by atoms with Gasteiger partial charge in [-0.2, -0.15) is 5.26 Å². The smallest absolute Gasteiger partial charge is 0.399 e. The van der Waals surface area contributed by atoms with Crippen LogP contribution in [0.3, 0.4) is 0 Å². The Morgan fingerprint density at radius 3 is 2.00 bits per heavy atom. The van der Waals surface area contributed by atoms with Gasteiger partial charge in [0, 0.05) is 10.8 Å². The molecule has 0 N–H and O–H groups in total. The monoisotopic (exact) mass is 495 g/mol. The van der Waals surface area contributed by atoms with Gasteiger partial charge in [0.15, 0.2) is 0 Å². The molecule has 2 heterocycles. The van der Waals surface area contributed by atoms with Crippen LogP contribution in [0, 0.1) is 17.9 Å². The van der Waals surface area contributed by atoms with Gasteiger partial charge in [-0.05, 0) is 68.6 Å². The van der Waals surface area contributed by atoms with E-state index in [1.165, 1.54) is 0 Å². The number of aromatic nitrogens is 1. The van der Waals surface area contributed by atoms with E-state index in [0.717, 1.165) is 44.1 Å². The van der Waals surface area contributed by atoms with Crippen LogP contribution in [0.1, 0.15) is 33.3 Å². The standard InChI is InChI=1S/C32H26BN3O2/c1-31(2)32(3,4)38-33(37-31)23-18-21(20-34)17-22(19-23)24-13-10-14-27(35-5)30(24)36-28-15-8-6-11-25(28)26-12-7-9-16-29(26)36/h6-19H,1-4H3. The minimum absolute atomic E-state index is 0.501. The molecule has 6 heteroatoms. The van der Waals surface area contributed by atoms with Gasteiger partial charge in [-0.15, -0.1) is 0 Å². The number of nitrogens with zero attached hydrogens (tertiary/aromatic N) is 3. The first-order chi connectivity index (χ1) is 18.2. The lowest BCUT2D eigenvalue weighted by atomic mass is 9.77. The maximum absolute atomic E-state index is 9.93. The van der Waals surface area contributed by atoms with E-state index in [1.807, 2.05) is 88.4 Å². The summed E-state index contributed by atoms with van der Waals surface area (Å²) in [5.41, 5.74) is 5.34. The third kappa shape index (κ3) is 3.62. The molecular weight excluding hydrogens is 469 g/mol. The summed E-state index contributed by atoms with van der Waals surface area (Å²) in [7, 11) is -0.604. The molecule has 0 radical (unpaired) electrons. The number of benzene rings is 4.